The summed E-state index contributed by atoms with van der Waals surface area (Å²) in [5.74, 6) is 3.25. The molecule has 1 rings (SSSR count). The summed E-state index contributed by atoms with van der Waals surface area (Å²) in [6, 6.07) is 0. The van der Waals surface area contributed by atoms with Crippen molar-refractivity contribution in [3.8, 4) is 0 Å². The molecule has 1 fully saturated rings. The van der Waals surface area contributed by atoms with Crippen LogP contribution >= 0.6 is 11.8 Å². The maximum atomic E-state index is 5.91. The van der Waals surface area contributed by atoms with E-state index in [1.807, 2.05) is 11.8 Å². The fourth-order valence-corrected chi connectivity index (χ4v) is 2.09. The highest BCUT2D eigenvalue weighted by atomic mass is 32.2. The van der Waals surface area contributed by atoms with Gasteiger partial charge in [0.2, 0.25) is 0 Å². The minimum Gasteiger partial charge on any atom is -0.324 e. The van der Waals surface area contributed by atoms with Gasteiger partial charge in [0.1, 0.15) is 0 Å². The molecule has 2 heteroatoms. The van der Waals surface area contributed by atoms with Crippen LogP contribution in [0, 0.1) is 5.92 Å². The Morgan fingerprint density at radius 2 is 2.10 bits per heavy atom. The zero-order valence-corrected chi connectivity index (χ0v) is 7.71. The summed E-state index contributed by atoms with van der Waals surface area (Å²) in [5, 5.41) is 0. The predicted molar refractivity (Wildman–Crippen MR) is 48.3 cm³/mol. The second kappa shape index (κ2) is 3.14. The molecular weight excluding hydrogens is 142 g/mol. The highest BCUT2D eigenvalue weighted by molar-refractivity contribution is 7.99. The lowest BCUT2D eigenvalue weighted by Crippen LogP contribution is -2.24. The first kappa shape index (κ1) is 8.41. The third kappa shape index (κ3) is 2.93. The van der Waals surface area contributed by atoms with E-state index in [9.17, 15) is 0 Å². The van der Waals surface area contributed by atoms with Crippen LogP contribution in [-0.4, -0.2) is 17.0 Å². The normalized spacial score (nSPS) is 21.6. The molecule has 0 aliphatic heterocycles. The average molecular weight is 159 g/mol. The lowest BCUT2D eigenvalue weighted by atomic mass is 10.3. The Morgan fingerprint density at radius 1 is 1.50 bits per heavy atom. The van der Waals surface area contributed by atoms with Crippen molar-refractivity contribution in [1.82, 2.24) is 0 Å². The molecule has 1 nitrogen and oxygen atoms in total. The van der Waals surface area contributed by atoms with Gasteiger partial charge in [0.25, 0.3) is 0 Å². The van der Waals surface area contributed by atoms with Crippen molar-refractivity contribution in [1.29, 1.82) is 0 Å². The van der Waals surface area contributed by atoms with Gasteiger partial charge < -0.3 is 5.73 Å². The van der Waals surface area contributed by atoms with Gasteiger partial charge in [-0.15, -0.1) is 0 Å². The third-order valence-electron chi connectivity index (χ3n) is 1.73. The van der Waals surface area contributed by atoms with Crippen molar-refractivity contribution in [3.05, 3.63) is 0 Å². The van der Waals surface area contributed by atoms with Crippen LogP contribution in [0.4, 0.5) is 0 Å². The van der Waals surface area contributed by atoms with E-state index in [-0.39, 0.29) is 5.54 Å². The molecule has 0 aromatic heterocycles. The monoisotopic (exact) mass is 159 g/mol. The molecule has 0 aromatic rings. The van der Waals surface area contributed by atoms with E-state index in [1.54, 1.807) is 0 Å². The lowest BCUT2D eigenvalue weighted by Gasteiger charge is -2.08. The Balaban J connectivity index is 1.95. The second-order valence-corrected chi connectivity index (χ2v) is 4.80. The molecule has 0 amide bonds. The van der Waals surface area contributed by atoms with Gasteiger partial charge in [0.15, 0.2) is 0 Å². The van der Waals surface area contributed by atoms with Gasteiger partial charge in [-0.25, -0.2) is 0 Å². The Hall–Kier alpha value is 0.310. The Morgan fingerprint density at radius 3 is 2.50 bits per heavy atom. The molecule has 1 aliphatic rings. The Bertz CT molecular complexity index is 108. The minimum atomic E-state index is 0.250. The van der Waals surface area contributed by atoms with Crippen LogP contribution in [0.2, 0.25) is 0 Å². The molecule has 1 saturated carbocycles. The fraction of sp³-hybridized carbons (Fsp3) is 1.00. The number of hydrogen-bond acceptors (Lipinski definition) is 2. The maximum Gasteiger partial charge on any atom is 0.0247 e. The molecular formula is C8H17NS. The van der Waals surface area contributed by atoms with Crippen molar-refractivity contribution in [3.63, 3.8) is 0 Å². The van der Waals surface area contributed by atoms with Gasteiger partial charge >= 0.3 is 0 Å². The summed E-state index contributed by atoms with van der Waals surface area (Å²) in [4.78, 5) is 0. The summed E-state index contributed by atoms with van der Waals surface area (Å²) in [6.07, 6.45) is 2.50. The molecule has 0 aromatic carbocycles. The summed E-state index contributed by atoms with van der Waals surface area (Å²) in [7, 11) is 0. The van der Waals surface area contributed by atoms with Crippen LogP contribution in [0.5, 0.6) is 0 Å². The SMILES string of the molecule is CC(C)CSCC1(N)CC1. The van der Waals surface area contributed by atoms with E-state index < -0.39 is 0 Å². The topological polar surface area (TPSA) is 26.0 Å². The summed E-state index contributed by atoms with van der Waals surface area (Å²) >= 11 is 2.01. The standard InChI is InChI=1S/C8H17NS/c1-7(2)5-10-6-8(9)3-4-8/h7H,3-6,9H2,1-2H3. The molecule has 1 aliphatic carbocycles. The highest BCUT2D eigenvalue weighted by Crippen LogP contribution is 2.35. The molecule has 0 unspecified atom stereocenters. The molecule has 10 heavy (non-hydrogen) atoms. The quantitative estimate of drug-likeness (QED) is 0.677. The number of thioether (sulfide) groups is 1. The van der Waals surface area contributed by atoms with Gasteiger partial charge in [0.05, 0.1) is 0 Å². The lowest BCUT2D eigenvalue weighted by molar-refractivity contribution is 0.739. The van der Waals surface area contributed by atoms with Crippen molar-refractivity contribution >= 4 is 11.8 Å². The molecule has 0 spiro atoms. The first-order valence-electron chi connectivity index (χ1n) is 3.99. The Kier molecular flexibility index (Phi) is 2.64. The first-order valence-corrected chi connectivity index (χ1v) is 5.14. The van der Waals surface area contributed by atoms with Crippen LogP contribution in [0.25, 0.3) is 0 Å². The molecule has 0 bridgehead atoms. The second-order valence-electron chi connectivity index (χ2n) is 3.77. The number of hydrogen-bond donors (Lipinski definition) is 1. The minimum absolute atomic E-state index is 0.250. The average Bonchev–Trinajstić information content (AvgIpc) is 2.47. The van der Waals surface area contributed by atoms with Crippen LogP contribution in [0.15, 0.2) is 0 Å². The van der Waals surface area contributed by atoms with E-state index in [0.29, 0.717) is 0 Å². The zero-order valence-electron chi connectivity index (χ0n) is 6.89. The molecule has 2 N–H and O–H groups in total. The van der Waals surface area contributed by atoms with E-state index in [1.165, 1.54) is 24.3 Å². The third-order valence-corrected chi connectivity index (χ3v) is 3.41. The van der Waals surface area contributed by atoms with Crippen molar-refractivity contribution in [2.45, 2.75) is 32.2 Å². The molecule has 0 atom stereocenters. The fourth-order valence-electron chi connectivity index (χ4n) is 0.803. The molecule has 0 radical (unpaired) electrons. The summed E-state index contributed by atoms with van der Waals surface area (Å²) < 4.78 is 0. The van der Waals surface area contributed by atoms with Crippen molar-refractivity contribution in [2.75, 3.05) is 11.5 Å². The molecule has 0 heterocycles. The van der Waals surface area contributed by atoms with Crippen molar-refractivity contribution in [2.24, 2.45) is 11.7 Å². The summed E-state index contributed by atoms with van der Waals surface area (Å²) in [5.41, 5.74) is 6.16. The summed E-state index contributed by atoms with van der Waals surface area (Å²) in [6.45, 7) is 4.51. The smallest absolute Gasteiger partial charge is 0.0247 e. The highest BCUT2D eigenvalue weighted by Gasteiger charge is 2.37. The van der Waals surface area contributed by atoms with Crippen LogP contribution < -0.4 is 5.73 Å². The van der Waals surface area contributed by atoms with E-state index in [0.717, 1.165) is 5.92 Å². The maximum absolute atomic E-state index is 5.91. The zero-order chi connectivity index (χ0) is 7.61. The van der Waals surface area contributed by atoms with Gasteiger partial charge in [-0.05, 0) is 24.5 Å². The molecule has 0 saturated heterocycles. The van der Waals surface area contributed by atoms with Crippen LogP contribution in [0.1, 0.15) is 26.7 Å². The molecule has 60 valence electrons. The predicted octanol–water partition coefficient (Wildman–Crippen LogP) is 1.87. The van der Waals surface area contributed by atoms with Crippen LogP contribution in [0.3, 0.4) is 0 Å². The number of rotatable bonds is 4. The van der Waals surface area contributed by atoms with Gasteiger partial charge in [-0.3, -0.25) is 0 Å². The van der Waals surface area contributed by atoms with Crippen LogP contribution in [-0.2, 0) is 0 Å². The van der Waals surface area contributed by atoms with E-state index >= 15 is 0 Å². The largest absolute Gasteiger partial charge is 0.324 e. The van der Waals surface area contributed by atoms with Gasteiger partial charge in [-0.2, -0.15) is 11.8 Å². The number of nitrogens with two attached hydrogens (primary N) is 1. The first-order chi connectivity index (χ1) is 4.62. The van der Waals surface area contributed by atoms with E-state index in [4.69, 9.17) is 5.73 Å². The van der Waals surface area contributed by atoms with E-state index in [2.05, 4.69) is 13.8 Å². The van der Waals surface area contributed by atoms with Crippen molar-refractivity contribution < 1.29 is 0 Å². The Labute approximate surface area is 67.8 Å². The van der Waals surface area contributed by atoms with Gasteiger partial charge in [-0.1, -0.05) is 13.8 Å². The van der Waals surface area contributed by atoms with Gasteiger partial charge in [0, 0.05) is 11.3 Å².